The molecule has 8 heteroatoms. The third-order valence-corrected chi connectivity index (χ3v) is 10.6. The predicted molar refractivity (Wildman–Crippen MR) is 161 cm³/mol. The van der Waals surface area contributed by atoms with Gasteiger partial charge in [0.25, 0.3) is 0 Å². The molecule has 5 aliphatic heterocycles. The van der Waals surface area contributed by atoms with Gasteiger partial charge in [-0.2, -0.15) is 9.97 Å². The van der Waals surface area contributed by atoms with Crippen molar-refractivity contribution in [1.29, 1.82) is 0 Å². The first kappa shape index (κ1) is 26.2. The van der Waals surface area contributed by atoms with Crippen LogP contribution in [0, 0.1) is 12.3 Å². The molecule has 3 aromatic rings. The van der Waals surface area contributed by atoms with E-state index in [1.54, 1.807) is 6.07 Å². The van der Waals surface area contributed by atoms with Crippen LogP contribution >= 0.6 is 0 Å². The lowest BCUT2D eigenvalue weighted by Crippen LogP contribution is -2.43. The molecule has 0 radical (unpaired) electrons. The van der Waals surface area contributed by atoms with Crippen LogP contribution in [0.5, 0.6) is 11.8 Å². The SMILES string of the molecule is C#Cc1cccc2cc(O)cc(N3CCc4c(nc(OC[C@@]56CCCN5C[C@H](F)C6)nc4[C@@H]4C[C@H]5CC[C@@H](C4)N5)C3)c12. The normalized spacial score (nSPS) is 30.3. The second-order valence-corrected chi connectivity index (χ2v) is 13.2. The minimum absolute atomic E-state index is 0.221. The number of anilines is 1. The van der Waals surface area contributed by atoms with E-state index in [1.165, 1.54) is 18.4 Å². The Balaban J connectivity index is 1.16. The van der Waals surface area contributed by atoms with E-state index in [2.05, 4.69) is 21.0 Å². The summed E-state index contributed by atoms with van der Waals surface area (Å²) in [5.74, 6) is 3.44. The molecular weight excluding hydrogens is 529 g/mol. The lowest BCUT2D eigenvalue weighted by Gasteiger charge is -2.35. The highest BCUT2D eigenvalue weighted by molar-refractivity contribution is 6.00. The molecule has 218 valence electrons. The second kappa shape index (κ2) is 10.1. The maximum Gasteiger partial charge on any atom is 0.316 e. The Morgan fingerprint density at radius 3 is 2.86 bits per heavy atom. The fourth-order valence-corrected chi connectivity index (χ4v) is 8.73. The fourth-order valence-electron chi connectivity index (χ4n) is 8.73. The van der Waals surface area contributed by atoms with Crippen molar-refractivity contribution in [2.75, 3.05) is 31.1 Å². The van der Waals surface area contributed by atoms with Crippen LogP contribution in [-0.2, 0) is 13.0 Å². The molecule has 0 aliphatic carbocycles. The monoisotopic (exact) mass is 567 g/mol. The van der Waals surface area contributed by atoms with Crippen molar-refractivity contribution in [3.05, 3.63) is 52.8 Å². The molecule has 5 aliphatic rings. The number of piperidine rings is 1. The number of halogens is 1. The molecular formula is C34H38FN5O2. The topological polar surface area (TPSA) is 73.8 Å². The summed E-state index contributed by atoms with van der Waals surface area (Å²) < 4.78 is 20.9. The zero-order valence-corrected chi connectivity index (χ0v) is 24.0. The average molecular weight is 568 g/mol. The molecule has 0 spiro atoms. The molecule has 42 heavy (non-hydrogen) atoms. The molecule has 8 rings (SSSR count). The summed E-state index contributed by atoms with van der Waals surface area (Å²) in [5, 5.41) is 16.3. The largest absolute Gasteiger partial charge is 0.508 e. The summed E-state index contributed by atoms with van der Waals surface area (Å²) in [7, 11) is 0. The summed E-state index contributed by atoms with van der Waals surface area (Å²) in [5.41, 5.74) is 4.87. The van der Waals surface area contributed by atoms with E-state index in [4.69, 9.17) is 21.1 Å². The Morgan fingerprint density at radius 1 is 1.17 bits per heavy atom. The van der Waals surface area contributed by atoms with E-state index >= 15 is 0 Å². The first-order chi connectivity index (χ1) is 20.5. The molecule has 5 atom stereocenters. The lowest BCUT2D eigenvalue weighted by molar-refractivity contribution is 0.106. The first-order valence-corrected chi connectivity index (χ1v) is 15.6. The Hall–Kier alpha value is -3.41. The van der Waals surface area contributed by atoms with Gasteiger partial charge < -0.3 is 20.1 Å². The van der Waals surface area contributed by atoms with Crippen LogP contribution in [0.1, 0.15) is 73.4 Å². The molecule has 7 nitrogen and oxygen atoms in total. The zero-order valence-electron chi connectivity index (χ0n) is 24.0. The van der Waals surface area contributed by atoms with Crippen molar-refractivity contribution in [3.8, 4) is 24.1 Å². The van der Waals surface area contributed by atoms with Gasteiger partial charge >= 0.3 is 6.01 Å². The first-order valence-electron chi connectivity index (χ1n) is 15.6. The zero-order chi connectivity index (χ0) is 28.4. The van der Waals surface area contributed by atoms with Crippen molar-refractivity contribution < 1.29 is 14.2 Å². The van der Waals surface area contributed by atoms with Gasteiger partial charge in [-0.3, -0.25) is 4.90 Å². The molecule has 0 saturated carbocycles. The van der Waals surface area contributed by atoms with Gasteiger partial charge in [-0.1, -0.05) is 18.1 Å². The van der Waals surface area contributed by atoms with E-state index in [9.17, 15) is 9.50 Å². The maximum absolute atomic E-state index is 14.5. The molecule has 2 N–H and O–H groups in total. The number of nitrogens with one attached hydrogen (secondary N) is 1. The van der Waals surface area contributed by atoms with Crippen LogP contribution in [0.3, 0.4) is 0 Å². The smallest absolute Gasteiger partial charge is 0.316 e. The van der Waals surface area contributed by atoms with Gasteiger partial charge in [0.1, 0.15) is 18.5 Å². The van der Waals surface area contributed by atoms with E-state index in [1.807, 2.05) is 24.3 Å². The van der Waals surface area contributed by atoms with E-state index in [0.717, 1.165) is 78.6 Å². The highest BCUT2D eigenvalue weighted by Crippen LogP contribution is 2.43. The number of nitrogens with zero attached hydrogens (tertiary/aromatic N) is 4. The minimum Gasteiger partial charge on any atom is -0.508 e. The van der Waals surface area contributed by atoms with Gasteiger partial charge in [0.2, 0.25) is 0 Å². The highest BCUT2D eigenvalue weighted by Gasteiger charge is 2.49. The van der Waals surface area contributed by atoms with Gasteiger partial charge in [-0.05, 0) is 74.6 Å². The summed E-state index contributed by atoms with van der Waals surface area (Å²) >= 11 is 0. The number of benzene rings is 2. The van der Waals surface area contributed by atoms with E-state index in [0.29, 0.717) is 50.1 Å². The number of hydrogen-bond donors (Lipinski definition) is 2. The number of phenols is 1. The number of terminal acetylenes is 1. The van der Waals surface area contributed by atoms with E-state index < -0.39 is 6.17 Å². The van der Waals surface area contributed by atoms with Crippen LogP contribution in [0.4, 0.5) is 10.1 Å². The number of alkyl halides is 1. The number of aromatic hydroxyl groups is 1. The summed E-state index contributed by atoms with van der Waals surface area (Å²) in [6.07, 6.45) is 13.1. The number of fused-ring (bicyclic) bond motifs is 5. The van der Waals surface area contributed by atoms with Crippen LogP contribution < -0.4 is 15.0 Å². The number of phenolic OH excluding ortho intramolecular Hbond substituents is 1. The molecule has 4 fully saturated rings. The third kappa shape index (κ3) is 4.40. The van der Waals surface area contributed by atoms with Crippen LogP contribution in [0.2, 0.25) is 0 Å². The van der Waals surface area contributed by atoms with Gasteiger partial charge in [0, 0.05) is 60.2 Å². The second-order valence-electron chi connectivity index (χ2n) is 13.2. The average Bonchev–Trinajstić information content (AvgIpc) is 3.64. The Labute approximate surface area is 246 Å². The van der Waals surface area contributed by atoms with Crippen LogP contribution in [0.15, 0.2) is 30.3 Å². The minimum atomic E-state index is -0.794. The molecule has 6 heterocycles. The number of ether oxygens (including phenoxy) is 1. The molecule has 2 aromatic carbocycles. The fraction of sp³-hybridized carbons (Fsp3) is 0.529. The van der Waals surface area contributed by atoms with Gasteiger partial charge in [-0.25, -0.2) is 4.39 Å². The van der Waals surface area contributed by atoms with Crippen molar-refractivity contribution in [3.63, 3.8) is 0 Å². The predicted octanol–water partition coefficient (Wildman–Crippen LogP) is 4.83. The Kier molecular flexibility index (Phi) is 6.31. The van der Waals surface area contributed by atoms with Crippen LogP contribution in [0.25, 0.3) is 10.8 Å². The standard InChI is InChI=1S/C34H38FN5O2/c1-2-21-5-3-6-22-15-27(41)16-30(31(21)22)39-12-9-28-29(19-39)37-33(38-32(28)23-13-25-7-8-26(14-23)36-25)42-20-34-10-4-11-40(34)18-24(35)17-34/h1,3,5-6,15-16,23-26,36,41H,4,7-14,17-20H2/t23-,24-,25-,26+,34+/m1/s1. The van der Waals surface area contributed by atoms with Crippen LogP contribution in [-0.4, -0.2) is 70.0 Å². The molecule has 0 unspecified atom stereocenters. The lowest BCUT2D eigenvalue weighted by atomic mass is 9.85. The van der Waals surface area contributed by atoms with Crippen molar-refractivity contribution in [2.24, 2.45) is 0 Å². The molecule has 1 aromatic heterocycles. The third-order valence-electron chi connectivity index (χ3n) is 10.6. The highest BCUT2D eigenvalue weighted by atomic mass is 19.1. The quantitative estimate of drug-likeness (QED) is 0.428. The van der Waals surface area contributed by atoms with E-state index in [-0.39, 0.29) is 11.3 Å². The summed E-state index contributed by atoms with van der Waals surface area (Å²) in [6.45, 7) is 3.24. The molecule has 0 amide bonds. The molecule has 2 bridgehead atoms. The van der Waals surface area contributed by atoms with Gasteiger partial charge in [0.15, 0.2) is 0 Å². The van der Waals surface area contributed by atoms with Gasteiger partial charge in [0.05, 0.1) is 23.5 Å². The summed E-state index contributed by atoms with van der Waals surface area (Å²) in [6, 6.07) is 11.0. The van der Waals surface area contributed by atoms with Gasteiger partial charge in [-0.15, -0.1) is 6.42 Å². The maximum atomic E-state index is 14.5. The molecule has 4 saturated heterocycles. The van der Waals surface area contributed by atoms with Crippen molar-refractivity contribution in [1.82, 2.24) is 20.2 Å². The van der Waals surface area contributed by atoms with Crippen molar-refractivity contribution in [2.45, 2.75) is 87.6 Å². The Bertz CT molecular complexity index is 1580. The Morgan fingerprint density at radius 2 is 2.02 bits per heavy atom. The number of rotatable bonds is 5. The van der Waals surface area contributed by atoms with Crippen molar-refractivity contribution >= 4 is 16.5 Å². The summed E-state index contributed by atoms with van der Waals surface area (Å²) in [4.78, 5) is 14.7. The number of hydrogen-bond acceptors (Lipinski definition) is 7. The number of aromatic nitrogens is 2.